The number of hydrogen-bond donors (Lipinski definition) is 0. The third kappa shape index (κ3) is 5.63. The first-order chi connectivity index (χ1) is 9.58. The molecule has 4 nitrogen and oxygen atoms in total. The van der Waals surface area contributed by atoms with E-state index < -0.39 is 0 Å². The molecule has 1 heterocycles. The number of ether oxygens (including phenoxy) is 1. The van der Waals surface area contributed by atoms with E-state index in [0.29, 0.717) is 6.10 Å². The molecule has 4 heteroatoms. The highest BCUT2D eigenvalue weighted by Crippen LogP contribution is 2.18. The lowest BCUT2D eigenvalue weighted by molar-refractivity contribution is -0.138. The molecule has 1 aliphatic heterocycles. The highest BCUT2D eigenvalue weighted by molar-refractivity contribution is 5.81. The van der Waals surface area contributed by atoms with Gasteiger partial charge in [0, 0.05) is 26.2 Å². The third-order valence-corrected chi connectivity index (χ3v) is 3.75. The lowest BCUT2D eigenvalue weighted by atomic mass is 9.98. The Morgan fingerprint density at radius 1 is 1.40 bits per heavy atom. The predicted octanol–water partition coefficient (Wildman–Crippen LogP) is 2.51. The monoisotopic (exact) mass is 282 g/mol. The second-order valence-electron chi connectivity index (χ2n) is 5.74. The summed E-state index contributed by atoms with van der Waals surface area (Å²) < 4.78 is 5.51. The van der Waals surface area contributed by atoms with Crippen molar-refractivity contribution in [1.82, 2.24) is 9.80 Å². The molecule has 0 unspecified atom stereocenters. The average molecular weight is 282 g/mol. The molecule has 116 valence electrons. The van der Waals surface area contributed by atoms with Gasteiger partial charge in [-0.3, -0.25) is 4.79 Å². The quantitative estimate of drug-likeness (QED) is 0.577. The van der Waals surface area contributed by atoms with Crippen LogP contribution in [0.5, 0.6) is 0 Å². The summed E-state index contributed by atoms with van der Waals surface area (Å²) in [4.78, 5) is 16.3. The zero-order chi connectivity index (χ0) is 15.0. The largest absolute Gasteiger partial charge is 0.379 e. The number of carbonyl (C=O) groups excluding carboxylic acids is 1. The fraction of sp³-hybridized carbons (Fsp3) is 0.812. The van der Waals surface area contributed by atoms with Gasteiger partial charge < -0.3 is 14.5 Å². The maximum atomic E-state index is 12.2. The molecule has 0 saturated carbocycles. The topological polar surface area (TPSA) is 32.8 Å². The van der Waals surface area contributed by atoms with Gasteiger partial charge in [-0.15, -0.1) is 0 Å². The summed E-state index contributed by atoms with van der Waals surface area (Å²) in [5.41, 5.74) is 0. The fourth-order valence-electron chi connectivity index (χ4n) is 2.39. The summed E-state index contributed by atoms with van der Waals surface area (Å²) in [6.45, 7) is 14.4. The predicted molar refractivity (Wildman–Crippen MR) is 82.5 cm³/mol. The number of amides is 1. The van der Waals surface area contributed by atoms with Crippen LogP contribution in [-0.2, 0) is 9.53 Å². The van der Waals surface area contributed by atoms with Gasteiger partial charge in [0.2, 0.25) is 5.91 Å². The molecule has 1 aliphatic rings. The van der Waals surface area contributed by atoms with Crippen molar-refractivity contribution in [3.63, 3.8) is 0 Å². The molecule has 1 saturated heterocycles. The normalized spacial score (nSPS) is 16.2. The van der Waals surface area contributed by atoms with Gasteiger partial charge in [0.1, 0.15) is 0 Å². The van der Waals surface area contributed by atoms with Gasteiger partial charge in [-0.1, -0.05) is 13.5 Å². The Bertz CT molecular complexity index is 299. The Kier molecular flexibility index (Phi) is 7.85. The van der Waals surface area contributed by atoms with Crippen molar-refractivity contribution in [2.75, 3.05) is 32.8 Å². The van der Waals surface area contributed by atoms with Gasteiger partial charge in [-0.05, 0) is 45.9 Å². The first-order valence-electron chi connectivity index (χ1n) is 7.85. The van der Waals surface area contributed by atoms with Gasteiger partial charge in [0.15, 0.2) is 0 Å². The van der Waals surface area contributed by atoms with Crippen LogP contribution in [0, 0.1) is 5.92 Å². The molecule has 1 fully saturated rings. The molecule has 1 amide bonds. The molecule has 1 rings (SSSR count). The van der Waals surface area contributed by atoms with E-state index in [0.717, 1.165) is 52.0 Å². The molecule has 0 radical (unpaired) electrons. The fourth-order valence-corrected chi connectivity index (χ4v) is 2.39. The van der Waals surface area contributed by atoms with Crippen LogP contribution in [0.3, 0.4) is 0 Å². The summed E-state index contributed by atoms with van der Waals surface area (Å²) >= 11 is 0. The molecule has 20 heavy (non-hydrogen) atoms. The van der Waals surface area contributed by atoms with E-state index in [1.54, 1.807) is 11.1 Å². The summed E-state index contributed by atoms with van der Waals surface area (Å²) in [6.07, 6.45) is 5.16. The zero-order valence-corrected chi connectivity index (χ0v) is 13.3. The second-order valence-corrected chi connectivity index (χ2v) is 5.74. The van der Waals surface area contributed by atoms with E-state index >= 15 is 0 Å². The molecule has 0 aromatic rings. The van der Waals surface area contributed by atoms with Crippen LogP contribution in [0.1, 0.15) is 40.0 Å². The number of carbonyl (C=O) groups is 1. The highest BCUT2D eigenvalue weighted by Gasteiger charge is 2.33. The van der Waals surface area contributed by atoms with Crippen LogP contribution < -0.4 is 0 Å². The Balaban J connectivity index is 2.13. The average Bonchev–Trinajstić information content (AvgIpc) is 2.36. The summed E-state index contributed by atoms with van der Waals surface area (Å²) in [5, 5.41) is 0. The smallest absolute Gasteiger partial charge is 0.232 e. The minimum atomic E-state index is 0.178. The molecule has 0 N–H and O–H groups in total. The van der Waals surface area contributed by atoms with E-state index in [2.05, 4.69) is 32.3 Å². The van der Waals surface area contributed by atoms with Crippen molar-refractivity contribution in [1.29, 1.82) is 0 Å². The van der Waals surface area contributed by atoms with Crippen molar-refractivity contribution in [2.45, 2.75) is 46.1 Å². The van der Waals surface area contributed by atoms with Crippen LogP contribution >= 0.6 is 0 Å². The van der Waals surface area contributed by atoms with Crippen molar-refractivity contribution >= 4 is 5.91 Å². The SMILES string of the molecule is C=CN(CCCCCOC(C)C)C(=O)C1CN(CC)C1. The number of likely N-dealkylation sites (tertiary alicyclic amines) is 1. The van der Waals surface area contributed by atoms with Crippen LogP contribution in [0.2, 0.25) is 0 Å². The minimum Gasteiger partial charge on any atom is -0.379 e. The molecule has 0 aromatic carbocycles. The number of nitrogens with zero attached hydrogens (tertiary/aromatic N) is 2. The van der Waals surface area contributed by atoms with E-state index in [1.807, 2.05) is 0 Å². The number of unbranched alkanes of at least 4 members (excludes halogenated alkanes) is 2. The molecule has 0 aromatic heterocycles. The maximum absolute atomic E-state index is 12.2. The first-order valence-corrected chi connectivity index (χ1v) is 7.85. The summed E-state index contributed by atoms with van der Waals surface area (Å²) in [7, 11) is 0. The van der Waals surface area contributed by atoms with Gasteiger partial charge in [-0.2, -0.15) is 0 Å². The third-order valence-electron chi connectivity index (χ3n) is 3.75. The molecule has 0 aliphatic carbocycles. The zero-order valence-electron chi connectivity index (χ0n) is 13.3. The number of rotatable bonds is 10. The van der Waals surface area contributed by atoms with Crippen molar-refractivity contribution in [3.05, 3.63) is 12.8 Å². The Morgan fingerprint density at radius 3 is 2.65 bits per heavy atom. The lowest BCUT2D eigenvalue weighted by Crippen LogP contribution is -2.53. The Labute approximate surface area is 123 Å². The van der Waals surface area contributed by atoms with Gasteiger partial charge in [-0.25, -0.2) is 0 Å². The Hall–Kier alpha value is -0.870. The molecule has 0 bridgehead atoms. The van der Waals surface area contributed by atoms with E-state index in [1.165, 1.54) is 0 Å². The molecular weight excluding hydrogens is 252 g/mol. The van der Waals surface area contributed by atoms with Gasteiger partial charge in [0.05, 0.1) is 12.0 Å². The van der Waals surface area contributed by atoms with Gasteiger partial charge >= 0.3 is 0 Å². The summed E-state index contributed by atoms with van der Waals surface area (Å²) in [5.74, 6) is 0.417. The first kappa shape index (κ1) is 17.2. The van der Waals surface area contributed by atoms with Gasteiger partial charge in [0.25, 0.3) is 0 Å². The standard InChI is InChI=1S/C16H30N2O2/c1-5-17-12-15(13-17)16(19)18(6-2)10-8-7-9-11-20-14(3)4/h6,14-15H,2,5,7-13H2,1,3-4H3. The lowest BCUT2D eigenvalue weighted by Gasteiger charge is -2.39. The molecule has 0 atom stereocenters. The van der Waals surface area contributed by atoms with E-state index in [9.17, 15) is 4.79 Å². The van der Waals surface area contributed by atoms with Crippen molar-refractivity contribution < 1.29 is 9.53 Å². The number of hydrogen-bond acceptors (Lipinski definition) is 3. The second kappa shape index (κ2) is 9.14. The van der Waals surface area contributed by atoms with Crippen LogP contribution in [0.4, 0.5) is 0 Å². The van der Waals surface area contributed by atoms with Crippen molar-refractivity contribution in [2.24, 2.45) is 5.92 Å². The summed E-state index contributed by atoms with van der Waals surface area (Å²) in [6, 6.07) is 0. The highest BCUT2D eigenvalue weighted by atomic mass is 16.5. The van der Waals surface area contributed by atoms with Crippen molar-refractivity contribution in [3.8, 4) is 0 Å². The van der Waals surface area contributed by atoms with Crippen LogP contribution in [0.15, 0.2) is 12.8 Å². The van der Waals surface area contributed by atoms with E-state index in [4.69, 9.17) is 4.74 Å². The maximum Gasteiger partial charge on any atom is 0.232 e. The Morgan fingerprint density at radius 2 is 2.10 bits per heavy atom. The molecular formula is C16H30N2O2. The van der Waals surface area contributed by atoms with Crippen LogP contribution in [0.25, 0.3) is 0 Å². The van der Waals surface area contributed by atoms with E-state index in [-0.39, 0.29) is 11.8 Å². The van der Waals surface area contributed by atoms with Crippen LogP contribution in [-0.4, -0.2) is 54.6 Å². The minimum absolute atomic E-state index is 0.178. The molecule has 0 spiro atoms.